The molecule has 0 saturated carbocycles. The zero-order valence-electron chi connectivity index (χ0n) is 24.0. The molecule has 3 aromatic carbocycles. The lowest BCUT2D eigenvalue weighted by atomic mass is 9.96. The van der Waals surface area contributed by atoms with Gasteiger partial charge in [0.2, 0.25) is 0 Å². The molecule has 2 aromatic heterocycles. The number of nitriles is 1. The van der Waals surface area contributed by atoms with E-state index in [4.69, 9.17) is 25.5 Å². The third-order valence-corrected chi connectivity index (χ3v) is 7.66. The van der Waals surface area contributed by atoms with Crippen molar-refractivity contribution in [3.63, 3.8) is 0 Å². The van der Waals surface area contributed by atoms with Gasteiger partial charge in [-0.3, -0.25) is 15.1 Å². The summed E-state index contributed by atoms with van der Waals surface area (Å²) in [5, 5.41) is 31.6. The molecule has 0 aliphatic heterocycles. The highest BCUT2D eigenvalue weighted by Gasteiger charge is 2.32. The molecule has 0 aliphatic carbocycles. The number of aliphatic hydroxyl groups excluding tert-OH is 1. The van der Waals surface area contributed by atoms with Crippen molar-refractivity contribution in [1.29, 1.82) is 5.26 Å². The van der Waals surface area contributed by atoms with Gasteiger partial charge in [0.25, 0.3) is 0 Å². The third-order valence-electron chi connectivity index (χ3n) is 7.36. The Balaban J connectivity index is 1.40. The Bertz CT molecular complexity index is 1870. The number of ether oxygens (including phenoxy) is 2. The fourth-order valence-corrected chi connectivity index (χ4v) is 4.81. The van der Waals surface area contributed by atoms with Crippen LogP contribution >= 0.6 is 11.6 Å². The first-order valence-corrected chi connectivity index (χ1v) is 14.0. The molecule has 3 N–H and O–H groups in total. The van der Waals surface area contributed by atoms with Gasteiger partial charge in [0, 0.05) is 36.1 Å². The molecule has 5 aromatic rings. The summed E-state index contributed by atoms with van der Waals surface area (Å²) in [4.78, 5) is 20.0. The van der Waals surface area contributed by atoms with E-state index in [0.29, 0.717) is 38.8 Å². The molecular weight excluding hydrogens is 584 g/mol. The molecule has 0 aliphatic rings. The Morgan fingerprint density at radius 1 is 1.09 bits per heavy atom. The zero-order chi connectivity index (χ0) is 31.3. The fourth-order valence-electron chi connectivity index (χ4n) is 4.57. The maximum absolute atomic E-state index is 11.7. The second kappa shape index (κ2) is 13.1. The molecule has 0 radical (unpaired) electrons. The number of nitrogens with zero attached hydrogens (tertiary/aromatic N) is 3. The van der Waals surface area contributed by atoms with E-state index in [1.165, 1.54) is 19.5 Å². The minimum absolute atomic E-state index is 0.0336. The summed E-state index contributed by atoms with van der Waals surface area (Å²) >= 11 is 6.65. The van der Waals surface area contributed by atoms with E-state index in [9.17, 15) is 20.3 Å². The van der Waals surface area contributed by atoms with Crippen LogP contribution in [0.4, 0.5) is 0 Å². The summed E-state index contributed by atoms with van der Waals surface area (Å²) in [6.07, 6.45) is 4.47. The Kier molecular flexibility index (Phi) is 9.11. The van der Waals surface area contributed by atoms with Gasteiger partial charge in [-0.2, -0.15) is 5.26 Å². The highest BCUT2D eigenvalue weighted by atomic mass is 35.5. The number of halogens is 1. The van der Waals surface area contributed by atoms with Gasteiger partial charge in [-0.05, 0) is 60.4 Å². The van der Waals surface area contributed by atoms with Crippen LogP contribution in [0.5, 0.6) is 11.5 Å². The summed E-state index contributed by atoms with van der Waals surface area (Å²) < 4.78 is 17.8. The lowest BCUT2D eigenvalue weighted by Gasteiger charge is -2.25. The number of rotatable bonds is 12. The summed E-state index contributed by atoms with van der Waals surface area (Å²) in [7, 11) is 0. The van der Waals surface area contributed by atoms with Gasteiger partial charge in [-0.15, -0.1) is 0 Å². The molecule has 1 atom stereocenters. The van der Waals surface area contributed by atoms with Gasteiger partial charge < -0.3 is 24.1 Å². The van der Waals surface area contributed by atoms with Crippen LogP contribution in [0, 0.1) is 18.3 Å². The number of aliphatic carboxylic acids is 1. The van der Waals surface area contributed by atoms with Gasteiger partial charge in [-0.25, -0.2) is 4.98 Å². The number of pyridine rings is 1. The first-order chi connectivity index (χ1) is 21.2. The number of oxazole rings is 1. The quantitative estimate of drug-likeness (QED) is 0.157. The van der Waals surface area contributed by atoms with E-state index in [-0.39, 0.29) is 19.8 Å². The highest BCUT2D eigenvalue weighted by molar-refractivity contribution is 6.32. The number of carboxylic acids is 1. The first-order valence-electron chi connectivity index (χ1n) is 13.6. The predicted octanol–water partition coefficient (Wildman–Crippen LogP) is 5.81. The van der Waals surface area contributed by atoms with Crippen molar-refractivity contribution in [2.45, 2.75) is 39.1 Å². The van der Waals surface area contributed by atoms with E-state index in [1.807, 2.05) is 43.3 Å². The molecule has 44 heavy (non-hydrogen) atoms. The van der Waals surface area contributed by atoms with Gasteiger partial charge in [-0.1, -0.05) is 35.9 Å². The summed E-state index contributed by atoms with van der Waals surface area (Å²) in [5.41, 5.74) is 5.52. The van der Waals surface area contributed by atoms with Crippen LogP contribution < -0.4 is 14.8 Å². The van der Waals surface area contributed by atoms with Gasteiger partial charge in [0.05, 0.1) is 17.2 Å². The number of carboxylic acid groups (broad SMARTS) is 1. The van der Waals surface area contributed by atoms with Crippen LogP contribution in [0.25, 0.3) is 22.2 Å². The third kappa shape index (κ3) is 6.66. The number of hydrogen-bond donors (Lipinski definition) is 3. The van der Waals surface area contributed by atoms with Gasteiger partial charge in [0.15, 0.2) is 12.0 Å². The summed E-state index contributed by atoms with van der Waals surface area (Å²) in [6, 6.07) is 18.8. The number of fused-ring (bicyclic) bond motifs is 1. The molecule has 10 nitrogen and oxygen atoms in total. The monoisotopic (exact) mass is 612 g/mol. The Morgan fingerprint density at radius 2 is 1.91 bits per heavy atom. The van der Waals surface area contributed by atoms with Crippen molar-refractivity contribution in [2.24, 2.45) is 0 Å². The van der Waals surface area contributed by atoms with Crippen LogP contribution in [0.1, 0.15) is 34.7 Å². The molecule has 5 rings (SSSR count). The van der Waals surface area contributed by atoms with Crippen LogP contribution in [0.2, 0.25) is 5.02 Å². The predicted molar refractivity (Wildman–Crippen MR) is 163 cm³/mol. The number of nitrogens with one attached hydrogen (secondary N) is 1. The lowest BCUT2D eigenvalue weighted by molar-refractivity contribution is -0.145. The second-order valence-electron chi connectivity index (χ2n) is 10.4. The van der Waals surface area contributed by atoms with E-state index < -0.39 is 18.1 Å². The number of aromatic nitrogens is 2. The molecule has 0 amide bonds. The lowest BCUT2D eigenvalue weighted by Crippen LogP contribution is -2.52. The molecule has 2 heterocycles. The Morgan fingerprint density at radius 3 is 2.68 bits per heavy atom. The van der Waals surface area contributed by atoms with Crippen LogP contribution in [-0.4, -0.2) is 38.3 Å². The molecular formula is C33H29ClN4O6. The van der Waals surface area contributed by atoms with E-state index in [0.717, 1.165) is 27.8 Å². The maximum Gasteiger partial charge on any atom is 0.326 e. The van der Waals surface area contributed by atoms with E-state index in [2.05, 4.69) is 21.4 Å². The minimum atomic E-state index is -1.58. The zero-order valence-corrected chi connectivity index (χ0v) is 24.8. The van der Waals surface area contributed by atoms with Gasteiger partial charge >= 0.3 is 5.97 Å². The fraction of sp³-hybridized carbons (Fsp3) is 0.212. The van der Waals surface area contributed by atoms with Crippen molar-refractivity contribution < 1.29 is 28.9 Å². The maximum atomic E-state index is 11.7. The number of hydrogen-bond acceptors (Lipinski definition) is 9. The van der Waals surface area contributed by atoms with Crippen molar-refractivity contribution in [3.05, 3.63) is 106 Å². The summed E-state index contributed by atoms with van der Waals surface area (Å²) in [6.45, 7) is 3.12. The van der Waals surface area contributed by atoms with Crippen molar-refractivity contribution in [3.8, 4) is 28.7 Å². The Labute approximate surface area is 258 Å². The van der Waals surface area contributed by atoms with Gasteiger partial charge in [0.1, 0.15) is 41.8 Å². The average molecular weight is 613 g/mol. The molecule has 11 heteroatoms. The topological polar surface area (TPSA) is 151 Å². The second-order valence-corrected chi connectivity index (χ2v) is 10.8. The van der Waals surface area contributed by atoms with Crippen molar-refractivity contribution in [1.82, 2.24) is 15.3 Å². The normalized spacial score (nSPS) is 12.4. The smallest absolute Gasteiger partial charge is 0.326 e. The number of benzene rings is 3. The van der Waals surface area contributed by atoms with Crippen LogP contribution in [0.3, 0.4) is 0 Å². The van der Waals surface area contributed by atoms with Crippen molar-refractivity contribution in [2.75, 3.05) is 6.61 Å². The highest BCUT2D eigenvalue weighted by Crippen LogP contribution is 2.35. The van der Waals surface area contributed by atoms with Crippen LogP contribution in [0.15, 0.2) is 77.8 Å². The van der Waals surface area contributed by atoms with Crippen LogP contribution in [-0.2, 0) is 24.6 Å². The molecule has 0 spiro atoms. The van der Waals surface area contributed by atoms with Crippen molar-refractivity contribution >= 4 is 28.7 Å². The number of carbonyl (C=O) groups is 1. The first kappa shape index (κ1) is 30.5. The minimum Gasteiger partial charge on any atom is -0.488 e. The van der Waals surface area contributed by atoms with E-state index in [1.54, 1.807) is 24.4 Å². The molecule has 0 bridgehead atoms. The number of aliphatic hydroxyl groups is 1. The van der Waals surface area contributed by atoms with E-state index >= 15 is 0 Å². The standard InChI is InChI=1S/C33H29ClN4O6/c1-20-24(4-3-5-26(20)23-6-7-28-31(10-23)44-19-37-28)17-43-30-11-29(42-16-22-8-21(12-35)13-36-14-22)25(9-27(30)34)15-38-33(2,18-39)32(40)41/h3-11,13-14,19,38-39H,15-18H2,1-2H3,(H,40,41)/t33-/m1/s1. The molecule has 0 fully saturated rings. The largest absolute Gasteiger partial charge is 0.488 e. The summed E-state index contributed by atoms with van der Waals surface area (Å²) in [5.74, 6) is -0.451. The average Bonchev–Trinajstić information content (AvgIpc) is 3.51. The molecule has 0 unspecified atom stereocenters. The SMILES string of the molecule is Cc1c(COc2cc(OCc3cncc(C#N)c3)c(CN[C@](C)(CO)C(=O)O)cc2Cl)cccc1-c1ccc2ncoc2c1. The molecule has 0 saturated heterocycles. The molecule has 224 valence electrons. The Hall–Kier alpha value is -4.95.